The summed E-state index contributed by atoms with van der Waals surface area (Å²) in [6.45, 7) is 6.14. The number of aryl methyl sites for hydroxylation is 3. The van der Waals surface area contributed by atoms with E-state index in [1.165, 1.54) is 29.5 Å². The van der Waals surface area contributed by atoms with Crippen LogP contribution in [0.2, 0.25) is 0 Å². The Morgan fingerprint density at radius 2 is 1.85 bits per heavy atom. The number of hydrogen-bond donors (Lipinski definition) is 0. The van der Waals surface area contributed by atoms with Crippen molar-refractivity contribution in [3.05, 3.63) is 70.5 Å². The van der Waals surface area contributed by atoms with E-state index in [4.69, 9.17) is 0 Å². The van der Waals surface area contributed by atoms with E-state index < -0.39 is 5.82 Å². The Hall–Kier alpha value is -2.73. The summed E-state index contributed by atoms with van der Waals surface area (Å²) in [5.41, 5.74) is 5.27. The molecule has 2 heterocycles. The van der Waals surface area contributed by atoms with E-state index in [2.05, 4.69) is 42.2 Å². The zero-order chi connectivity index (χ0) is 19.1. The fourth-order valence-electron chi connectivity index (χ4n) is 3.25. The van der Waals surface area contributed by atoms with Gasteiger partial charge in [-0.05, 0) is 61.0 Å². The van der Waals surface area contributed by atoms with Crippen molar-refractivity contribution in [2.45, 2.75) is 25.9 Å². The molecular formula is C21H18FN3OS. The number of hydrogen-bond acceptors (Lipinski definition) is 4. The molecule has 27 heavy (non-hydrogen) atoms. The van der Waals surface area contributed by atoms with Crippen LogP contribution in [0.1, 0.15) is 27.0 Å². The average Bonchev–Trinajstić information content (AvgIpc) is 3.08. The van der Waals surface area contributed by atoms with Crippen molar-refractivity contribution in [2.24, 2.45) is 0 Å². The normalized spacial score (nSPS) is 11.4. The molecule has 4 nitrogen and oxygen atoms in total. The molecule has 0 bridgehead atoms. The lowest BCUT2D eigenvalue weighted by Crippen LogP contribution is -2.06. The largest absolute Gasteiger partial charge is 0.293 e. The van der Waals surface area contributed by atoms with Gasteiger partial charge in [-0.25, -0.2) is 4.39 Å². The Morgan fingerprint density at radius 3 is 2.63 bits per heavy atom. The van der Waals surface area contributed by atoms with E-state index in [-0.39, 0.29) is 17.1 Å². The molecule has 0 aliphatic heterocycles. The van der Waals surface area contributed by atoms with E-state index in [9.17, 15) is 9.18 Å². The lowest BCUT2D eigenvalue weighted by atomic mass is 10.0. The molecule has 0 atom stereocenters. The third-order valence-corrected chi connectivity index (χ3v) is 5.75. The van der Waals surface area contributed by atoms with Gasteiger partial charge in [-0.15, -0.1) is 10.2 Å². The molecule has 2 aromatic carbocycles. The van der Waals surface area contributed by atoms with Crippen LogP contribution in [0, 0.1) is 26.6 Å². The van der Waals surface area contributed by atoms with Gasteiger partial charge in [0.1, 0.15) is 5.82 Å². The molecule has 0 aliphatic rings. The van der Waals surface area contributed by atoms with E-state index >= 15 is 0 Å². The number of thioether (sulfide) groups is 1. The van der Waals surface area contributed by atoms with Crippen molar-refractivity contribution < 1.29 is 9.18 Å². The van der Waals surface area contributed by atoms with Gasteiger partial charge in [-0.2, -0.15) is 0 Å². The average molecular weight is 379 g/mol. The van der Waals surface area contributed by atoms with Gasteiger partial charge >= 0.3 is 0 Å². The zero-order valence-electron chi connectivity index (χ0n) is 15.3. The smallest absolute Gasteiger partial charge is 0.196 e. The molecule has 4 aromatic rings. The molecule has 6 heteroatoms. The third kappa shape index (κ3) is 3.00. The maximum absolute atomic E-state index is 13.9. The van der Waals surface area contributed by atoms with Crippen LogP contribution in [0.4, 0.5) is 4.39 Å². The van der Waals surface area contributed by atoms with Crippen LogP contribution in [0.3, 0.4) is 0 Å². The quantitative estimate of drug-likeness (QED) is 0.373. The molecule has 0 radical (unpaired) electrons. The molecule has 4 rings (SSSR count). The van der Waals surface area contributed by atoms with Crippen LogP contribution in [0.5, 0.6) is 0 Å². The number of halogens is 1. The van der Waals surface area contributed by atoms with Crippen LogP contribution in [-0.4, -0.2) is 26.1 Å². The number of carbonyl (C=O) groups excluding carboxylic acids is 1. The first-order chi connectivity index (χ1) is 13.0. The highest BCUT2D eigenvalue weighted by molar-refractivity contribution is 7.99. The lowest BCUT2D eigenvalue weighted by molar-refractivity contribution is 0.101. The summed E-state index contributed by atoms with van der Waals surface area (Å²) in [6.07, 6.45) is 0. The summed E-state index contributed by atoms with van der Waals surface area (Å²) in [5, 5.41) is 10.3. The Morgan fingerprint density at radius 1 is 1.07 bits per heavy atom. The Bertz CT molecular complexity index is 1200. The van der Waals surface area contributed by atoms with Gasteiger partial charge in [-0.1, -0.05) is 36.0 Å². The maximum atomic E-state index is 13.9. The molecule has 0 unspecified atom stereocenters. The van der Waals surface area contributed by atoms with Crippen LogP contribution >= 0.6 is 11.8 Å². The first kappa shape index (κ1) is 17.7. The predicted octanol–water partition coefficient (Wildman–Crippen LogP) is 4.92. The van der Waals surface area contributed by atoms with Crippen molar-refractivity contribution in [1.82, 2.24) is 14.6 Å². The molecule has 0 N–H and O–H groups in total. The lowest BCUT2D eigenvalue weighted by Gasteiger charge is -2.11. The van der Waals surface area contributed by atoms with Crippen LogP contribution in [-0.2, 0) is 0 Å². The van der Waals surface area contributed by atoms with Gasteiger partial charge in [0, 0.05) is 0 Å². The number of nitrogens with zero attached hydrogens (tertiary/aromatic N) is 3. The molecule has 0 spiro atoms. The van der Waals surface area contributed by atoms with Crippen molar-refractivity contribution in [3.63, 3.8) is 0 Å². The Kier molecular flexibility index (Phi) is 4.44. The number of Topliss-reactive ketones (excluding diaryl/α,β-unsaturated/α-hetero) is 1. The van der Waals surface area contributed by atoms with Gasteiger partial charge < -0.3 is 0 Å². The number of benzene rings is 2. The first-order valence-electron chi connectivity index (χ1n) is 8.62. The summed E-state index contributed by atoms with van der Waals surface area (Å²) in [5.74, 6) is -0.663. The van der Waals surface area contributed by atoms with E-state index in [1.807, 2.05) is 11.3 Å². The topological polar surface area (TPSA) is 47.3 Å². The van der Waals surface area contributed by atoms with Gasteiger partial charge in [-0.3, -0.25) is 9.20 Å². The highest BCUT2D eigenvalue weighted by Gasteiger charge is 2.17. The molecule has 0 saturated heterocycles. The number of fused-ring (bicyclic) bond motifs is 3. The number of rotatable bonds is 4. The highest BCUT2D eigenvalue weighted by atomic mass is 32.2. The van der Waals surface area contributed by atoms with Crippen molar-refractivity contribution in [2.75, 3.05) is 5.75 Å². The summed E-state index contributed by atoms with van der Waals surface area (Å²) < 4.78 is 15.9. The monoisotopic (exact) mass is 379 g/mol. The molecule has 136 valence electrons. The molecule has 0 fully saturated rings. The number of carbonyl (C=O) groups is 1. The molecule has 2 aromatic heterocycles. The highest BCUT2D eigenvalue weighted by Crippen LogP contribution is 2.29. The number of ketones is 1. The predicted molar refractivity (Wildman–Crippen MR) is 106 cm³/mol. The number of aromatic nitrogens is 3. The Balaban J connectivity index is 1.78. The summed E-state index contributed by atoms with van der Waals surface area (Å²) in [4.78, 5) is 12.4. The van der Waals surface area contributed by atoms with Crippen molar-refractivity contribution >= 4 is 34.1 Å². The second kappa shape index (κ2) is 6.78. The SMILES string of the molecule is Cc1ccc2cc(C)c3nnc(SCC(=O)c4ccccc4F)n3c2c1C. The standard InChI is InChI=1S/C21H18FN3OS/c1-12-8-9-15-10-13(2)20-23-24-21(25(20)19(15)14(12)3)27-11-18(26)16-6-4-5-7-17(16)22/h4-10H,11H2,1-3H3. The third-order valence-electron chi connectivity index (χ3n) is 4.82. The van der Waals surface area contributed by atoms with Crippen molar-refractivity contribution in [1.29, 1.82) is 0 Å². The van der Waals surface area contributed by atoms with Crippen LogP contribution < -0.4 is 0 Å². The Labute approximate surface area is 160 Å². The van der Waals surface area contributed by atoms with Gasteiger partial charge in [0.2, 0.25) is 0 Å². The van der Waals surface area contributed by atoms with Crippen LogP contribution in [0.15, 0.2) is 47.6 Å². The maximum Gasteiger partial charge on any atom is 0.196 e. The summed E-state index contributed by atoms with van der Waals surface area (Å²) >= 11 is 1.28. The second-order valence-corrected chi connectivity index (χ2v) is 7.55. The molecule has 0 amide bonds. The fourth-order valence-corrected chi connectivity index (χ4v) is 4.07. The first-order valence-corrected chi connectivity index (χ1v) is 9.61. The van der Waals surface area contributed by atoms with Gasteiger partial charge in [0.05, 0.1) is 16.8 Å². The van der Waals surface area contributed by atoms with E-state index in [0.717, 1.165) is 27.7 Å². The van der Waals surface area contributed by atoms with Crippen LogP contribution in [0.25, 0.3) is 16.6 Å². The minimum absolute atomic E-state index is 0.0992. The van der Waals surface area contributed by atoms with E-state index in [1.54, 1.807) is 12.1 Å². The number of pyridine rings is 1. The fraction of sp³-hybridized carbons (Fsp3) is 0.190. The van der Waals surface area contributed by atoms with E-state index in [0.29, 0.717) is 5.16 Å². The van der Waals surface area contributed by atoms with Gasteiger partial charge in [0.25, 0.3) is 0 Å². The summed E-state index contributed by atoms with van der Waals surface area (Å²) in [7, 11) is 0. The molecule has 0 saturated carbocycles. The minimum atomic E-state index is -0.498. The molecular weight excluding hydrogens is 361 g/mol. The van der Waals surface area contributed by atoms with Gasteiger partial charge in [0.15, 0.2) is 16.6 Å². The minimum Gasteiger partial charge on any atom is -0.293 e. The molecule has 0 aliphatic carbocycles. The summed E-state index contributed by atoms with van der Waals surface area (Å²) in [6, 6.07) is 12.3. The zero-order valence-corrected chi connectivity index (χ0v) is 16.1. The second-order valence-electron chi connectivity index (χ2n) is 6.61. The van der Waals surface area contributed by atoms with Crippen molar-refractivity contribution in [3.8, 4) is 0 Å².